The van der Waals surface area contributed by atoms with E-state index in [1.807, 2.05) is 31.2 Å². The van der Waals surface area contributed by atoms with E-state index in [4.69, 9.17) is 14.6 Å². The highest BCUT2D eigenvalue weighted by Gasteiger charge is 2.25. The maximum atomic E-state index is 12.3. The van der Waals surface area contributed by atoms with Gasteiger partial charge in [-0.25, -0.2) is 0 Å². The minimum Gasteiger partial charge on any atom is -0.486 e. The molecule has 2 rings (SSSR count). The van der Waals surface area contributed by atoms with Crippen molar-refractivity contribution >= 4 is 24.3 Å². The van der Waals surface area contributed by atoms with Gasteiger partial charge in [-0.1, -0.05) is 19.1 Å². The summed E-state index contributed by atoms with van der Waals surface area (Å²) in [5, 5.41) is 11.8. The van der Waals surface area contributed by atoms with E-state index in [0.717, 1.165) is 6.42 Å². The zero-order chi connectivity index (χ0) is 17.5. The molecule has 0 aliphatic carbocycles. The Hall–Kier alpha value is -1.99. The van der Waals surface area contributed by atoms with E-state index < -0.39 is 12.0 Å². The van der Waals surface area contributed by atoms with Crippen molar-refractivity contribution in [1.82, 2.24) is 10.2 Å². The summed E-state index contributed by atoms with van der Waals surface area (Å²) in [4.78, 5) is 24.9. The van der Waals surface area contributed by atoms with Gasteiger partial charge >= 0.3 is 5.97 Å². The maximum Gasteiger partial charge on any atom is 0.317 e. The van der Waals surface area contributed by atoms with Gasteiger partial charge in [-0.05, 0) is 32.0 Å². The summed E-state index contributed by atoms with van der Waals surface area (Å²) in [7, 11) is 0. The number of carbonyl (C=O) groups excluding carboxylic acids is 1. The van der Waals surface area contributed by atoms with Crippen LogP contribution in [0.2, 0.25) is 0 Å². The van der Waals surface area contributed by atoms with Crippen molar-refractivity contribution in [2.45, 2.75) is 32.4 Å². The van der Waals surface area contributed by atoms with Crippen LogP contribution < -0.4 is 14.8 Å². The molecule has 0 fully saturated rings. The number of carboxylic acids is 1. The summed E-state index contributed by atoms with van der Waals surface area (Å²) in [6.45, 7) is 4.73. The number of halogens is 1. The lowest BCUT2D eigenvalue weighted by Gasteiger charge is -2.29. The number of fused-ring (bicyclic) bond motifs is 1. The fourth-order valence-electron chi connectivity index (χ4n) is 2.56. The number of carboxylic acid groups (broad SMARTS) is 1. The molecular weight excluding hydrogens is 348 g/mol. The van der Waals surface area contributed by atoms with Crippen molar-refractivity contribution in [2.24, 2.45) is 0 Å². The highest BCUT2D eigenvalue weighted by atomic mass is 35.5. The summed E-state index contributed by atoms with van der Waals surface area (Å²) in [6.07, 6.45) is 0.511. The summed E-state index contributed by atoms with van der Waals surface area (Å²) >= 11 is 0. The second-order valence-electron chi connectivity index (χ2n) is 5.78. The number of aliphatic carboxylic acids is 1. The summed E-state index contributed by atoms with van der Waals surface area (Å²) in [6, 6.07) is 6.87. The predicted octanol–water partition coefficient (Wildman–Crippen LogP) is 1.55. The Bertz CT molecular complexity index is 584. The Morgan fingerprint density at radius 2 is 2.04 bits per heavy atom. The lowest BCUT2D eigenvalue weighted by atomic mass is 10.2. The number of hydrogen-bond donors (Lipinski definition) is 2. The number of hydrogen-bond acceptors (Lipinski definition) is 5. The third kappa shape index (κ3) is 6.10. The first kappa shape index (κ1) is 21.1. The Labute approximate surface area is 153 Å². The summed E-state index contributed by atoms with van der Waals surface area (Å²) < 4.78 is 11.4. The average Bonchev–Trinajstić information content (AvgIpc) is 2.58. The molecule has 8 heteroatoms. The molecule has 1 aliphatic rings. The van der Waals surface area contributed by atoms with Crippen LogP contribution in [0.5, 0.6) is 11.5 Å². The van der Waals surface area contributed by atoms with Gasteiger partial charge in [0.2, 0.25) is 5.91 Å². The van der Waals surface area contributed by atoms with Gasteiger partial charge in [0.25, 0.3) is 0 Å². The normalized spacial score (nSPS) is 16.7. The molecule has 0 saturated heterocycles. The highest BCUT2D eigenvalue weighted by Crippen LogP contribution is 2.30. The molecular formula is C17H25ClN2O5. The largest absolute Gasteiger partial charge is 0.486 e. The molecule has 0 radical (unpaired) electrons. The van der Waals surface area contributed by atoms with Crippen LogP contribution in [-0.4, -0.2) is 60.3 Å². The van der Waals surface area contributed by atoms with Crippen LogP contribution in [0.25, 0.3) is 0 Å². The molecule has 140 valence electrons. The molecule has 1 aromatic carbocycles. The predicted molar refractivity (Wildman–Crippen MR) is 95.6 cm³/mol. The number of carbonyl (C=O) groups is 2. The molecule has 1 amide bonds. The Kier molecular flexibility index (Phi) is 8.51. The number of nitrogens with zero attached hydrogens (tertiary/aromatic N) is 1. The van der Waals surface area contributed by atoms with Gasteiger partial charge in [0.15, 0.2) is 11.5 Å². The first-order valence-electron chi connectivity index (χ1n) is 8.13. The Morgan fingerprint density at radius 1 is 1.36 bits per heavy atom. The molecule has 7 nitrogen and oxygen atoms in total. The molecule has 0 spiro atoms. The van der Waals surface area contributed by atoms with Crippen LogP contribution in [0.3, 0.4) is 0 Å². The first-order valence-corrected chi connectivity index (χ1v) is 8.13. The van der Waals surface area contributed by atoms with Gasteiger partial charge in [-0.2, -0.15) is 0 Å². The number of benzene rings is 1. The van der Waals surface area contributed by atoms with E-state index in [9.17, 15) is 9.59 Å². The fourth-order valence-corrected chi connectivity index (χ4v) is 2.56. The summed E-state index contributed by atoms with van der Waals surface area (Å²) in [5.41, 5.74) is 0. The van der Waals surface area contributed by atoms with Crippen molar-refractivity contribution in [3.63, 3.8) is 0 Å². The number of ether oxygens (including phenoxy) is 2. The van der Waals surface area contributed by atoms with E-state index in [0.29, 0.717) is 31.2 Å². The lowest BCUT2D eigenvalue weighted by Crippen LogP contribution is -2.50. The topological polar surface area (TPSA) is 88.1 Å². The smallest absolute Gasteiger partial charge is 0.317 e. The standard InChI is InChI=1S/C17H24N2O5.ClH/c1-3-8-19(10-16(20)21)12(2)17(22)18-9-13-11-23-14-6-4-5-7-15(14)24-13;/h4-7,12-13H,3,8-11H2,1-2H3,(H,18,22)(H,20,21);1H. The van der Waals surface area contributed by atoms with Crippen molar-refractivity contribution in [1.29, 1.82) is 0 Å². The van der Waals surface area contributed by atoms with Crippen molar-refractivity contribution in [3.05, 3.63) is 24.3 Å². The zero-order valence-corrected chi connectivity index (χ0v) is 15.3. The van der Waals surface area contributed by atoms with E-state index in [1.54, 1.807) is 11.8 Å². The lowest BCUT2D eigenvalue weighted by molar-refractivity contribution is -0.139. The van der Waals surface area contributed by atoms with E-state index in [2.05, 4.69) is 5.32 Å². The SMILES string of the molecule is CCCN(CC(=O)O)C(C)C(=O)NCC1COc2ccccc2O1.Cl. The third-order valence-corrected chi connectivity index (χ3v) is 3.85. The number of amides is 1. The molecule has 2 N–H and O–H groups in total. The zero-order valence-electron chi connectivity index (χ0n) is 14.4. The average molecular weight is 373 g/mol. The van der Waals surface area contributed by atoms with Crippen molar-refractivity contribution in [2.75, 3.05) is 26.2 Å². The molecule has 1 aliphatic heterocycles. The van der Waals surface area contributed by atoms with Gasteiger partial charge in [-0.15, -0.1) is 12.4 Å². The second-order valence-corrected chi connectivity index (χ2v) is 5.78. The molecule has 25 heavy (non-hydrogen) atoms. The summed E-state index contributed by atoms with van der Waals surface area (Å²) in [5.74, 6) is 0.203. The second kappa shape index (κ2) is 10.1. The molecule has 2 unspecified atom stereocenters. The van der Waals surface area contributed by atoms with Crippen LogP contribution in [0, 0.1) is 0 Å². The van der Waals surface area contributed by atoms with Crippen LogP contribution in [0.4, 0.5) is 0 Å². The molecule has 1 heterocycles. The van der Waals surface area contributed by atoms with E-state index in [-0.39, 0.29) is 31.0 Å². The molecule has 2 atom stereocenters. The third-order valence-electron chi connectivity index (χ3n) is 3.85. The first-order chi connectivity index (χ1) is 11.5. The van der Waals surface area contributed by atoms with E-state index >= 15 is 0 Å². The van der Waals surface area contributed by atoms with Crippen molar-refractivity contribution in [3.8, 4) is 11.5 Å². The monoisotopic (exact) mass is 372 g/mol. The van der Waals surface area contributed by atoms with Gasteiger partial charge in [0, 0.05) is 0 Å². The van der Waals surface area contributed by atoms with Gasteiger partial charge in [0.1, 0.15) is 12.7 Å². The van der Waals surface area contributed by atoms with Gasteiger partial charge < -0.3 is 19.9 Å². The maximum absolute atomic E-state index is 12.3. The van der Waals surface area contributed by atoms with Crippen molar-refractivity contribution < 1.29 is 24.2 Å². The minimum absolute atomic E-state index is 0. The number of nitrogens with one attached hydrogen (secondary N) is 1. The van der Waals surface area contributed by atoms with E-state index in [1.165, 1.54) is 0 Å². The number of rotatable bonds is 8. The Balaban J connectivity index is 0.00000312. The van der Waals surface area contributed by atoms with Crippen LogP contribution >= 0.6 is 12.4 Å². The molecule has 0 bridgehead atoms. The quantitative estimate of drug-likeness (QED) is 0.719. The van der Waals surface area contributed by atoms with Crippen LogP contribution in [0.1, 0.15) is 20.3 Å². The fraction of sp³-hybridized carbons (Fsp3) is 0.529. The van der Waals surface area contributed by atoms with Crippen LogP contribution in [-0.2, 0) is 9.59 Å². The molecule has 0 saturated carbocycles. The highest BCUT2D eigenvalue weighted by molar-refractivity contribution is 5.85. The van der Waals surface area contributed by atoms with Crippen LogP contribution in [0.15, 0.2) is 24.3 Å². The minimum atomic E-state index is -0.941. The molecule has 1 aromatic rings. The number of para-hydroxylation sites is 2. The van der Waals surface area contributed by atoms with Gasteiger partial charge in [0.05, 0.1) is 19.1 Å². The van der Waals surface area contributed by atoms with Gasteiger partial charge in [-0.3, -0.25) is 14.5 Å². The Morgan fingerprint density at radius 3 is 2.68 bits per heavy atom. The molecule has 0 aromatic heterocycles.